The molecule has 1 aromatic heterocycles. The summed E-state index contributed by atoms with van der Waals surface area (Å²) in [5.41, 5.74) is 7.27. The first-order valence-corrected chi connectivity index (χ1v) is 6.48. The lowest BCUT2D eigenvalue weighted by Crippen LogP contribution is -2.12. The van der Waals surface area contributed by atoms with E-state index in [1.165, 1.54) is 5.56 Å². The number of benzene rings is 1. The number of furan rings is 1. The zero-order valence-corrected chi connectivity index (χ0v) is 11.7. The van der Waals surface area contributed by atoms with E-state index in [4.69, 9.17) is 10.2 Å². The smallest absolute Gasteiger partial charge is 0.134 e. The van der Waals surface area contributed by atoms with Crippen molar-refractivity contribution in [2.45, 2.75) is 12.5 Å². The van der Waals surface area contributed by atoms with Crippen molar-refractivity contribution >= 4 is 31.9 Å². The Morgan fingerprint density at radius 2 is 2.06 bits per heavy atom. The van der Waals surface area contributed by atoms with Gasteiger partial charge in [0.25, 0.3) is 0 Å². The van der Waals surface area contributed by atoms with E-state index in [0.717, 1.165) is 21.1 Å². The summed E-state index contributed by atoms with van der Waals surface area (Å²) in [5.74, 6) is 0.792. The van der Waals surface area contributed by atoms with Gasteiger partial charge in [0.1, 0.15) is 5.76 Å². The van der Waals surface area contributed by atoms with E-state index < -0.39 is 0 Å². The number of nitrogens with two attached hydrogens (primary N) is 1. The molecule has 1 atom stereocenters. The van der Waals surface area contributed by atoms with Crippen molar-refractivity contribution in [2.75, 3.05) is 0 Å². The van der Waals surface area contributed by atoms with Gasteiger partial charge < -0.3 is 10.2 Å². The highest BCUT2D eigenvalue weighted by Crippen LogP contribution is 2.26. The summed E-state index contributed by atoms with van der Waals surface area (Å²) in [6.45, 7) is 0. The Labute approximate surface area is 111 Å². The van der Waals surface area contributed by atoms with Crippen molar-refractivity contribution in [3.63, 3.8) is 0 Å². The largest absolute Gasteiger partial charge is 0.466 e. The second-order valence-electron chi connectivity index (χ2n) is 3.57. The van der Waals surface area contributed by atoms with E-state index in [0.29, 0.717) is 0 Å². The number of rotatable bonds is 3. The summed E-state index contributed by atoms with van der Waals surface area (Å²) in [5, 5.41) is 0. The maximum Gasteiger partial charge on any atom is 0.134 e. The number of hydrogen-bond acceptors (Lipinski definition) is 2. The van der Waals surface area contributed by atoms with Crippen LogP contribution in [0.2, 0.25) is 0 Å². The highest BCUT2D eigenvalue weighted by molar-refractivity contribution is 9.10. The molecule has 0 aliphatic heterocycles. The highest BCUT2D eigenvalue weighted by Gasteiger charge is 2.13. The third-order valence-electron chi connectivity index (χ3n) is 2.33. The van der Waals surface area contributed by atoms with Crippen molar-refractivity contribution in [3.8, 4) is 0 Å². The molecule has 2 rings (SSSR count). The molecular weight excluding hydrogens is 334 g/mol. The molecule has 4 heteroatoms. The normalized spacial score (nSPS) is 12.7. The Morgan fingerprint density at radius 1 is 1.25 bits per heavy atom. The molecule has 1 heterocycles. The van der Waals surface area contributed by atoms with Crippen LogP contribution in [0, 0.1) is 0 Å². The van der Waals surface area contributed by atoms with Gasteiger partial charge in [-0.25, -0.2) is 0 Å². The summed E-state index contributed by atoms with van der Waals surface area (Å²) in [4.78, 5) is 0. The molecule has 1 aromatic carbocycles. The number of hydrogen-bond donors (Lipinski definition) is 1. The first-order chi connectivity index (χ1) is 7.66. The highest BCUT2D eigenvalue weighted by atomic mass is 79.9. The average Bonchev–Trinajstić information content (AvgIpc) is 2.64. The van der Waals surface area contributed by atoms with Crippen LogP contribution in [0.15, 0.2) is 50.0 Å². The van der Waals surface area contributed by atoms with Gasteiger partial charge in [0.2, 0.25) is 0 Å². The zero-order valence-electron chi connectivity index (χ0n) is 8.49. The van der Waals surface area contributed by atoms with Crippen LogP contribution >= 0.6 is 31.9 Å². The minimum absolute atomic E-state index is 0.126. The van der Waals surface area contributed by atoms with Gasteiger partial charge in [-0.2, -0.15) is 0 Å². The Balaban J connectivity index is 2.14. The van der Waals surface area contributed by atoms with E-state index in [2.05, 4.69) is 44.0 Å². The first kappa shape index (κ1) is 11.9. The van der Waals surface area contributed by atoms with Gasteiger partial charge in [0, 0.05) is 4.47 Å². The maximum absolute atomic E-state index is 6.08. The molecule has 2 N–H and O–H groups in total. The molecule has 0 radical (unpaired) electrons. The second-order valence-corrected chi connectivity index (χ2v) is 5.34. The van der Waals surface area contributed by atoms with Gasteiger partial charge >= 0.3 is 0 Å². The standard InChI is InChI=1S/C12H11Br2NO/c13-9-3-1-2-8(6-9)7-11(15)12-10(14)4-5-16-12/h1-6,11H,7,15H2. The van der Waals surface area contributed by atoms with Crippen LogP contribution in [0.5, 0.6) is 0 Å². The maximum atomic E-state index is 6.08. The van der Waals surface area contributed by atoms with Crippen LogP contribution in [0.25, 0.3) is 0 Å². The van der Waals surface area contributed by atoms with Crippen LogP contribution in [0.4, 0.5) is 0 Å². The van der Waals surface area contributed by atoms with Crippen LogP contribution in [0.3, 0.4) is 0 Å². The fourth-order valence-electron chi connectivity index (χ4n) is 1.58. The van der Waals surface area contributed by atoms with Gasteiger partial charge in [-0.05, 0) is 46.1 Å². The third kappa shape index (κ3) is 2.75. The van der Waals surface area contributed by atoms with Crippen molar-refractivity contribution in [1.82, 2.24) is 0 Å². The second kappa shape index (κ2) is 5.17. The fourth-order valence-corrected chi connectivity index (χ4v) is 2.52. The van der Waals surface area contributed by atoms with Crippen LogP contribution in [0.1, 0.15) is 17.4 Å². The summed E-state index contributed by atoms with van der Waals surface area (Å²) < 4.78 is 7.34. The van der Waals surface area contributed by atoms with Crippen molar-refractivity contribution in [2.24, 2.45) is 5.73 Å². The Bertz CT molecular complexity index is 481. The van der Waals surface area contributed by atoms with Crippen molar-refractivity contribution in [1.29, 1.82) is 0 Å². The Hall–Kier alpha value is -0.580. The molecule has 0 aliphatic carbocycles. The average molecular weight is 345 g/mol. The topological polar surface area (TPSA) is 39.2 Å². The fraction of sp³-hybridized carbons (Fsp3) is 0.167. The quantitative estimate of drug-likeness (QED) is 0.912. The molecule has 2 nitrogen and oxygen atoms in total. The molecule has 0 amide bonds. The molecule has 2 aromatic rings. The third-order valence-corrected chi connectivity index (χ3v) is 3.47. The van der Waals surface area contributed by atoms with E-state index in [1.807, 2.05) is 18.2 Å². The van der Waals surface area contributed by atoms with Crippen LogP contribution in [-0.4, -0.2) is 0 Å². The zero-order chi connectivity index (χ0) is 11.5. The summed E-state index contributed by atoms with van der Waals surface area (Å²) >= 11 is 6.85. The molecule has 1 unspecified atom stereocenters. The monoisotopic (exact) mass is 343 g/mol. The van der Waals surface area contributed by atoms with Gasteiger partial charge in [-0.3, -0.25) is 0 Å². The summed E-state index contributed by atoms with van der Waals surface area (Å²) in [6, 6.07) is 9.86. The van der Waals surface area contributed by atoms with Crippen molar-refractivity contribution < 1.29 is 4.42 Å². The minimum atomic E-state index is -0.126. The lowest BCUT2D eigenvalue weighted by Gasteiger charge is -2.09. The summed E-state index contributed by atoms with van der Waals surface area (Å²) in [6.07, 6.45) is 2.39. The SMILES string of the molecule is NC(Cc1cccc(Br)c1)c1occc1Br. The molecule has 0 aliphatic rings. The Morgan fingerprint density at radius 3 is 2.69 bits per heavy atom. The lowest BCUT2D eigenvalue weighted by atomic mass is 10.1. The van der Waals surface area contributed by atoms with Gasteiger partial charge in [0.05, 0.1) is 16.8 Å². The predicted octanol–water partition coefficient (Wildman–Crippen LogP) is 4.05. The molecular formula is C12H11Br2NO. The minimum Gasteiger partial charge on any atom is -0.466 e. The molecule has 0 fully saturated rings. The van der Waals surface area contributed by atoms with Gasteiger partial charge in [-0.1, -0.05) is 28.1 Å². The summed E-state index contributed by atoms with van der Waals surface area (Å²) in [7, 11) is 0. The Kier molecular flexibility index (Phi) is 3.84. The predicted molar refractivity (Wildman–Crippen MR) is 71.2 cm³/mol. The lowest BCUT2D eigenvalue weighted by molar-refractivity contribution is 0.462. The van der Waals surface area contributed by atoms with Crippen molar-refractivity contribution in [3.05, 3.63) is 56.9 Å². The van der Waals surface area contributed by atoms with Gasteiger partial charge in [0.15, 0.2) is 0 Å². The van der Waals surface area contributed by atoms with E-state index in [1.54, 1.807) is 6.26 Å². The van der Waals surface area contributed by atoms with Gasteiger partial charge in [-0.15, -0.1) is 0 Å². The van der Waals surface area contributed by atoms with Crippen LogP contribution in [-0.2, 0) is 6.42 Å². The molecule has 0 saturated heterocycles. The molecule has 0 saturated carbocycles. The molecule has 84 valence electrons. The van der Waals surface area contributed by atoms with E-state index in [9.17, 15) is 0 Å². The van der Waals surface area contributed by atoms with Crippen LogP contribution < -0.4 is 5.73 Å². The molecule has 16 heavy (non-hydrogen) atoms. The molecule has 0 spiro atoms. The van der Waals surface area contributed by atoms with E-state index >= 15 is 0 Å². The first-order valence-electron chi connectivity index (χ1n) is 4.89. The van der Waals surface area contributed by atoms with E-state index in [-0.39, 0.29) is 6.04 Å². The number of halogens is 2. The molecule has 0 bridgehead atoms.